The number of halogens is 3. The van der Waals surface area contributed by atoms with Crippen LogP contribution < -0.4 is 9.64 Å². The normalized spacial score (nSPS) is 15.1. The number of ether oxygens (including phenoxy) is 2. The minimum absolute atomic E-state index is 0.201. The number of thiazole rings is 1. The van der Waals surface area contributed by atoms with Crippen LogP contribution in [0.2, 0.25) is 0 Å². The number of benzene rings is 2. The Labute approximate surface area is 187 Å². The molecule has 1 aromatic heterocycles. The van der Waals surface area contributed by atoms with Crippen molar-refractivity contribution in [2.75, 3.05) is 44.3 Å². The second-order valence-corrected chi connectivity index (χ2v) is 8.46. The van der Waals surface area contributed by atoms with E-state index in [0.717, 1.165) is 30.0 Å². The first-order valence-electron chi connectivity index (χ1n) is 10.1. The average molecular weight is 465 g/mol. The predicted octanol–water partition coefficient (Wildman–Crippen LogP) is 4.48. The number of hydrogen-bond acceptors (Lipinski definition) is 6. The van der Waals surface area contributed by atoms with E-state index in [1.54, 1.807) is 11.0 Å². The molecule has 2 aromatic carbocycles. The van der Waals surface area contributed by atoms with Crippen molar-refractivity contribution >= 4 is 32.6 Å². The zero-order valence-electron chi connectivity index (χ0n) is 17.4. The van der Waals surface area contributed by atoms with Gasteiger partial charge in [-0.3, -0.25) is 14.6 Å². The monoisotopic (exact) mass is 465 g/mol. The topological polar surface area (TPSA) is 54.9 Å². The number of amides is 1. The lowest BCUT2D eigenvalue weighted by molar-refractivity contribution is -0.274. The van der Waals surface area contributed by atoms with Gasteiger partial charge in [-0.05, 0) is 31.2 Å². The zero-order chi connectivity index (χ0) is 22.7. The van der Waals surface area contributed by atoms with Crippen molar-refractivity contribution in [2.24, 2.45) is 0 Å². The van der Waals surface area contributed by atoms with Gasteiger partial charge >= 0.3 is 6.36 Å². The van der Waals surface area contributed by atoms with Crippen LogP contribution in [-0.2, 0) is 4.74 Å². The number of aromatic nitrogens is 1. The molecule has 1 fully saturated rings. The summed E-state index contributed by atoms with van der Waals surface area (Å²) in [4.78, 5) is 21.7. The number of hydrogen-bond donors (Lipinski definition) is 0. The van der Waals surface area contributed by atoms with Gasteiger partial charge in [0.2, 0.25) is 0 Å². The highest BCUT2D eigenvalue weighted by molar-refractivity contribution is 7.22. The number of carbonyl (C=O) groups excluding carboxylic acids is 1. The molecule has 0 bridgehead atoms. The fraction of sp³-hybridized carbons (Fsp3) is 0.364. The van der Waals surface area contributed by atoms with Crippen LogP contribution in [0.25, 0.3) is 10.2 Å². The second-order valence-electron chi connectivity index (χ2n) is 7.45. The molecule has 6 nitrogen and oxygen atoms in total. The molecule has 1 amide bonds. The molecule has 0 aliphatic carbocycles. The predicted molar refractivity (Wildman–Crippen MR) is 116 cm³/mol. The maximum atomic E-state index is 13.4. The van der Waals surface area contributed by atoms with Crippen molar-refractivity contribution in [1.82, 2.24) is 9.88 Å². The first kappa shape index (κ1) is 22.5. The summed E-state index contributed by atoms with van der Waals surface area (Å²) in [5.74, 6) is -0.516. The van der Waals surface area contributed by atoms with E-state index >= 15 is 0 Å². The molecular weight excluding hydrogens is 443 g/mol. The summed E-state index contributed by atoms with van der Waals surface area (Å²) in [6.45, 7) is 5.81. The van der Waals surface area contributed by atoms with Crippen molar-refractivity contribution in [3.05, 3.63) is 53.6 Å². The molecule has 10 heteroatoms. The van der Waals surface area contributed by atoms with E-state index in [1.807, 2.05) is 25.1 Å². The van der Waals surface area contributed by atoms with Crippen molar-refractivity contribution in [3.8, 4) is 5.75 Å². The van der Waals surface area contributed by atoms with Gasteiger partial charge in [0, 0.05) is 37.8 Å². The van der Waals surface area contributed by atoms with Gasteiger partial charge in [0.25, 0.3) is 5.91 Å². The third-order valence-corrected chi connectivity index (χ3v) is 6.11. The van der Waals surface area contributed by atoms with E-state index in [4.69, 9.17) is 4.74 Å². The molecular formula is C22H22F3N3O3S. The molecule has 0 unspecified atom stereocenters. The molecule has 0 atom stereocenters. The minimum Gasteiger partial charge on any atom is -0.406 e. The number of anilines is 1. The molecule has 0 radical (unpaired) electrons. The van der Waals surface area contributed by atoms with Crippen molar-refractivity contribution in [2.45, 2.75) is 13.3 Å². The molecule has 0 spiro atoms. The third kappa shape index (κ3) is 5.56. The molecule has 1 saturated heterocycles. The molecule has 1 aliphatic rings. The number of nitrogens with zero attached hydrogens (tertiary/aromatic N) is 3. The summed E-state index contributed by atoms with van der Waals surface area (Å²) in [6.07, 6.45) is -4.77. The Kier molecular flexibility index (Phi) is 6.63. The third-order valence-electron chi connectivity index (χ3n) is 5.07. The lowest BCUT2D eigenvalue weighted by atomic mass is 10.1. The van der Waals surface area contributed by atoms with Crippen LogP contribution in [0.1, 0.15) is 15.9 Å². The van der Waals surface area contributed by atoms with Crippen LogP contribution in [0.5, 0.6) is 5.75 Å². The molecule has 170 valence electrons. The second kappa shape index (κ2) is 9.43. The SMILES string of the molecule is Cc1cccc(C(=O)N(CCN2CCOCC2)c2nc3ccc(OC(F)(F)F)cc3s2)c1. The van der Waals surface area contributed by atoms with Gasteiger partial charge in [0.05, 0.1) is 23.4 Å². The van der Waals surface area contributed by atoms with Gasteiger partial charge in [-0.15, -0.1) is 13.2 Å². The Morgan fingerprint density at radius 1 is 1.22 bits per heavy atom. The quantitative estimate of drug-likeness (QED) is 0.537. The molecule has 0 N–H and O–H groups in total. The summed E-state index contributed by atoms with van der Waals surface area (Å²) in [5.41, 5.74) is 2.00. The number of carbonyl (C=O) groups is 1. The highest BCUT2D eigenvalue weighted by Crippen LogP contribution is 2.34. The minimum atomic E-state index is -4.77. The van der Waals surface area contributed by atoms with Crippen LogP contribution in [0.15, 0.2) is 42.5 Å². The summed E-state index contributed by atoms with van der Waals surface area (Å²) < 4.78 is 47.6. The summed E-state index contributed by atoms with van der Waals surface area (Å²) >= 11 is 1.16. The van der Waals surface area contributed by atoms with Crippen LogP contribution >= 0.6 is 11.3 Å². The van der Waals surface area contributed by atoms with Crippen molar-refractivity contribution in [3.63, 3.8) is 0 Å². The Balaban J connectivity index is 1.63. The number of alkyl halides is 3. The van der Waals surface area contributed by atoms with Gasteiger partial charge < -0.3 is 9.47 Å². The fourth-order valence-corrected chi connectivity index (χ4v) is 4.51. The first-order chi connectivity index (χ1) is 15.3. The van der Waals surface area contributed by atoms with Crippen LogP contribution in [0, 0.1) is 6.92 Å². The smallest absolute Gasteiger partial charge is 0.406 e. The van der Waals surface area contributed by atoms with Gasteiger partial charge in [-0.2, -0.15) is 0 Å². The number of fused-ring (bicyclic) bond motifs is 1. The summed E-state index contributed by atoms with van der Waals surface area (Å²) in [6, 6.07) is 11.3. The lowest BCUT2D eigenvalue weighted by Gasteiger charge is -2.29. The van der Waals surface area contributed by atoms with Crippen LogP contribution in [0.3, 0.4) is 0 Å². The van der Waals surface area contributed by atoms with Crippen molar-refractivity contribution < 1.29 is 27.4 Å². The number of aryl methyl sites for hydroxylation is 1. The molecule has 1 aliphatic heterocycles. The van der Waals surface area contributed by atoms with Crippen LogP contribution in [0.4, 0.5) is 18.3 Å². The molecule has 3 aromatic rings. The van der Waals surface area contributed by atoms with Gasteiger partial charge in [0.1, 0.15) is 5.75 Å². The van der Waals surface area contributed by atoms with Gasteiger partial charge in [-0.1, -0.05) is 29.0 Å². The summed E-state index contributed by atoms with van der Waals surface area (Å²) in [7, 11) is 0. The van der Waals surface area contributed by atoms with Crippen LogP contribution in [-0.4, -0.2) is 61.5 Å². The first-order valence-corrected chi connectivity index (χ1v) is 11.0. The molecule has 32 heavy (non-hydrogen) atoms. The Morgan fingerprint density at radius 3 is 2.72 bits per heavy atom. The zero-order valence-corrected chi connectivity index (χ0v) is 18.2. The Bertz CT molecular complexity index is 1100. The van der Waals surface area contributed by atoms with Gasteiger partial charge in [-0.25, -0.2) is 4.98 Å². The average Bonchev–Trinajstić information content (AvgIpc) is 3.16. The summed E-state index contributed by atoms with van der Waals surface area (Å²) in [5, 5.41) is 0.434. The Hall–Kier alpha value is -2.69. The molecule has 0 saturated carbocycles. The largest absolute Gasteiger partial charge is 0.573 e. The Morgan fingerprint density at radius 2 is 2.00 bits per heavy atom. The van der Waals surface area contributed by atoms with E-state index in [-0.39, 0.29) is 11.7 Å². The van der Waals surface area contributed by atoms with E-state index in [1.165, 1.54) is 18.2 Å². The maximum Gasteiger partial charge on any atom is 0.573 e. The molecule has 4 rings (SSSR count). The highest BCUT2D eigenvalue weighted by Gasteiger charge is 2.31. The molecule has 2 heterocycles. The highest BCUT2D eigenvalue weighted by atomic mass is 32.1. The maximum absolute atomic E-state index is 13.4. The van der Waals surface area contributed by atoms with Crippen molar-refractivity contribution in [1.29, 1.82) is 0 Å². The van der Waals surface area contributed by atoms with E-state index < -0.39 is 6.36 Å². The fourth-order valence-electron chi connectivity index (χ4n) is 3.49. The van der Waals surface area contributed by atoms with Gasteiger partial charge in [0.15, 0.2) is 5.13 Å². The van der Waals surface area contributed by atoms with E-state index in [9.17, 15) is 18.0 Å². The van der Waals surface area contributed by atoms with E-state index in [2.05, 4.69) is 14.6 Å². The standard InChI is InChI=1S/C22H22F3N3O3S/c1-15-3-2-4-16(13-15)20(29)28(8-7-27-9-11-30-12-10-27)21-26-18-6-5-17(14-19(18)32-21)31-22(23,24)25/h2-6,13-14H,7-12H2,1H3. The number of rotatable bonds is 6. The number of morpholine rings is 1. The lowest BCUT2D eigenvalue weighted by Crippen LogP contribution is -2.43. The van der Waals surface area contributed by atoms with E-state index in [0.29, 0.717) is 47.2 Å².